The number of hydrogen-bond donors (Lipinski definition) is 1. The molecule has 28 heavy (non-hydrogen) atoms. The number of benzene rings is 1. The first kappa shape index (κ1) is 23.6. The minimum atomic E-state index is -4.88. The zero-order chi connectivity index (χ0) is 21.9. The summed E-state index contributed by atoms with van der Waals surface area (Å²) in [5, 5.41) is 2.09. The number of ether oxygens (including phenoxy) is 1. The van der Waals surface area contributed by atoms with Gasteiger partial charge in [0.25, 0.3) is 6.43 Å². The number of alkyl halides is 5. The summed E-state index contributed by atoms with van der Waals surface area (Å²) >= 11 is 0. The summed E-state index contributed by atoms with van der Waals surface area (Å²) < 4.78 is 66.2. The predicted molar refractivity (Wildman–Crippen MR) is 93.3 cm³/mol. The molecule has 0 spiro atoms. The molecule has 1 atom stereocenters. The lowest BCUT2D eigenvalue weighted by Gasteiger charge is -2.38. The van der Waals surface area contributed by atoms with E-state index in [4.69, 9.17) is 0 Å². The molecule has 0 fully saturated rings. The molecular formula is C18H23F5N2O3. The van der Waals surface area contributed by atoms with Crippen molar-refractivity contribution < 1.29 is 36.3 Å². The van der Waals surface area contributed by atoms with Gasteiger partial charge in [-0.25, -0.2) is 8.78 Å². The fourth-order valence-electron chi connectivity index (χ4n) is 2.71. The third-order valence-electron chi connectivity index (χ3n) is 3.76. The molecule has 0 radical (unpaired) electrons. The normalized spacial score (nSPS) is 13.2. The molecule has 0 bridgehead atoms. The van der Waals surface area contributed by atoms with E-state index in [2.05, 4.69) is 10.1 Å². The number of aryl methyl sites for hydroxylation is 1. The lowest BCUT2D eigenvalue weighted by Crippen LogP contribution is -2.56. The third kappa shape index (κ3) is 6.65. The van der Waals surface area contributed by atoms with Gasteiger partial charge >= 0.3 is 6.36 Å². The zero-order valence-corrected chi connectivity index (χ0v) is 16.2. The van der Waals surface area contributed by atoms with E-state index in [9.17, 15) is 31.5 Å². The summed E-state index contributed by atoms with van der Waals surface area (Å²) in [5.41, 5.74) is -0.624. The van der Waals surface area contributed by atoms with Crippen LogP contribution in [0.1, 0.15) is 33.3 Å². The van der Waals surface area contributed by atoms with Crippen molar-refractivity contribution in [3.8, 4) is 5.75 Å². The van der Waals surface area contributed by atoms with E-state index in [1.165, 1.54) is 26.0 Å². The highest BCUT2D eigenvalue weighted by molar-refractivity contribution is 6.00. The summed E-state index contributed by atoms with van der Waals surface area (Å²) in [5.74, 6) is -1.82. The van der Waals surface area contributed by atoms with Crippen molar-refractivity contribution in [1.82, 2.24) is 5.32 Å². The number of hydrogen-bond acceptors (Lipinski definition) is 3. The van der Waals surface area contributed by atoms with Crippen molar-refractivity contribution in [3.63, 3.8) is 0 Å². The van der Waals surface area contributed by atoms with Gasteiger partial charge in [-0.1, -0.05) is 20.8 Å². The lowest BCUT2D eigenvalue weighted by molar-refractivity contribution is -0.274. The van der Waals surface area contributed by atoms with Crippen LogP contribution in [0.4, 0.5) is 27.6 Å². The summed E-state index contributed by atoms with van der Waals surface area (Å²) in [6.45, 7) is 6.58. The van der Waals surface area contributed by atoms with Crippen LogP contribution in [-0.2, 0) is 9.59 Å². The maximum Gasteiger partial charge on any atom is 0.573 e. The minimum Gasteiger partial charge on any atom is -0.406 e. The second-order valence-corrected chi connectivity index (χ2v) is 7.29. The molecule has 0 heterocycles. The molecule has 5 nitrogen and oxygen atoms in total. The van der Waals surface area contributed by atoms with E-state index < -0.39 is 48.4 Å². The summed E-state index contributed by atoms with van der Waals surface area (Å²) in [6, 6.07) is 2.33. The molecule has 0 aliphatic carbocycles. The van der Waals surface area contributed by atoms with Crippen LogP contribution in [0.15, 0.2) is 18.2 Å². The molecule has 1 unspecified atom stereocenters. The summed E-state index contributed by atoms with van der Waals surface area (Å²) in [4.78, 5) is 25.9. The molecule has 2 amide bonds. The Bertz CT molecular complexity index is 714. The van der Waals surface area contributed by atoms with Crippen molar-refractivity contribution in [2.45, 2.75) is 53.4 Å². The van der Waals surface area contributed by atoms with Gasteiger partial charge in [0.15, 0.2) is 0 Å². The summed E-state index contributed by atoms with van der Waals surface area (Å²) in [7, 11) is 0. The van der Waals surface area contributed by atoms with Crippen LogP contribution in [0, 0.1) is 12.3 Å². The van der Waals surface area contributed by atoms with Crippen LogP contribution < -0.4 is 15.0 Å². The van der Waals surface area contributed by atoms with Crippen molar-refractivity contribution in [2.24, 2.45) is 5.41 Å². The van der Waals surface area contributed by atoms with E-state index in [1.807, 2.05) is 0 Å². The van der Waals surface area contributed by atoms with Crippen molar-refractivity contribution in [1.29, 1.82) is 0 Å². The number of halogens is 5. The number of carbonyl (C=O) groups excluding carboxylic acids is 2. The van der Waals surface area contributed by atoms with Crippen LogP contribution in [0.2, 0.25) is 0 Å². The Morgan fingerprint density at radius 3 is 2.14 bits per heavy atom. The first-order valence-electron chi connectivity index (χ1n) is 8.35. The van der Waals surface area contributed by atoms with Crippen LogP contribution in [0.5, 0.6) is 5.75 Å². The first-order valence-corrected chi connectivity index (χ1v) is 8.35. The number of anilines is 1. The van der Waals surface area contributed by atoms with Crippen LogP contribution in [0.25, 0.3) is 0 Å². The minimum absolute atomic E-state index is 0.0849. The number of rotatable bonds is 6. The fourth-order valence-corrected chi connectivity index (χ4v) is 2.71. The van der Waals surface area contributed by atoms with E-state index >= 15 is 0 Å². The predicted octanol–water partition coefficient (Wildman–Crippen LogP) is 4.04. The van der Waals surface area contributed by atoms with Gasteiger partial charge in [-0.2, -0.15) is 0 Å². The quantitative estimate of drug-likeness (QED) is 0.720. The molecule has 0 aliphatic rings. The second kappa shape index (κ2) is 8.74. The Balaban J connectivity index is 3.34. The van der Waals surface area contributed by atoms with Gasteiger partial charge < -0.3 is 10.1 Å². The van der Waals surface area contributed by atoms with Crippen molar-refractivity contribution in [2.75, 3.05) is 11.4 Å². The number of amides is 2. The first-order chi connectivity index (χ1) is 12.6. The molecule has 0 saturated heterocycles. The molecule has 1 N–H and O–H groups in total. The van der Waals surface area contributed by atoms with Crippen molar-refractivity contribution in [3.05, 3.63) is 23.8 Å². The van der Waals surface area contributed by atoms with Crippen LogP contribution in [-0.4, -0.2) is 37.2 Å². The van der Waals surface area contributed by atoms with E-state index in [1.54, 1.807) is 20.8 Å². The fraction of sp³-hybridized carbons (Fsp3) is 0.556. The SMILES string of the molecule is CC(=O)N(c1ccc(OC(F)(F)F)c(C)c1)C(C(=O)NCC(F)F)C(C)(C)C. The monoisotopic (exact) mass is 410 g/mol. The lowest BCUT2D eigenvalue weighted by atomic mass is 9.84. The molecule has 0 saturated carbocycles. The molecule has 1 aromatic rings. The number of nitrogens with zero attached hydrogens (tertiary/aromatic N) is 1. The van der Waals surface area contributed by atoms with Gasteiger partial charge in [0.1, 0.15) is 11.8 Å². The number of nitrogens with one attached hydrogen (secondary N) is 1. The smallest absolute Gasteiger partial charge is 0.406 e. The molecule has 0 aliphatic heterocycles. The average molecular weight is 410 g/mol. The van der Waals surface area contributed by atoms with Crippen LogP contribution in [0.3, 0.4) is 0 Å². The maximum absolute atomic E-state index is 12.5. The Kier molecular flexibility index (Phi) is 7.38. The van der Waals surface area contributed by atoms with Gasteiger partial charge in [0.05, 0.1) is 6.54 Å². The molecular weight excluding hydrogens is 387 g/mol. The zero-order valence-electron chi connectivity index (χ0n) is 16.2. The second-order valence-electron chi connectivity index (χ2n) is 7.29. The standard InChI is InChI=1S/C18H23F5N2O3/c1-10-8-12(6-7-13(10)28-18(21,22)23)25(11(2)26)15(17(3,4)5)16(27)24-9-14(19)20/h6-8,14-15H,9H2,1-5H3,(H,24,27). The average Bonchev–Trinajstić information content (AvgIpc) is 2.49. The largest absolute Gasteiger partial charge is 0.573 e. The Hall–Kier alpha value is -2.39. The van der Waals surface area contributed by atoms with Gasteiger partial charge in [0.2, 0.25) is 11.8 Å². The number of carbonyl (C=O) groups is 2. The van der Waals surface area contributed by atoms with E-state index in [-0.39, 0.29) is 11.3 Å². The van der Waals surface area contributed by atoms with E-state index in [0.717, 1.165) is 11.0 Å². The third-order valence-corrected chi connectivity index (χ3v) is 3.76. The maximum atomic E-state index is 12.5. The summed E-state index contributed by atoms with van der Waals surface area (Å²) in [6.07, 6.45) is -7.65. The Morgan fingerprint density at radius 2 is 1.75 bits per heavy atom. The van der Waals surface area contributed by atoms with Crippen molar-refractivity contribution >= 4 is 17.5 Å². The topological polar surface area (TPSA) is 58.6 Å². The molecule has 1 aromatic carbocycles. The van der Waals surface area contributed by atoms with Gasteiger partial charge in [-0.05, 0) is 36.1 Å². The Labute approximate surface area is 159 Å². The van der Waals surface area contributed by atoms with Gasteiger partial charge in [0, 0.05) is 12.6 Å². The molecule has 1 rings (SSSR count). The molecule has 10 heteroatoms. The molecule has 158 valence electrons. The highest BCUT2D eigenvalue weighted by Gasteiger charge is 2.39. The highest BCUT2D eigenvalue weighted by Crippen LogP contribution is 2.33. The van der Waals surface area contributed by atoms with Gasteiger partial charge in [-0.15, -0.1) is 13.2 Å². The highest BCUT2D eigenvalue weighted by atomic mass is 19.4. The van der Waals surface area contributed by atoms with Gasteiger partial charge in [-0.3, -0.25) is 14.5 Å². The Morgan fingerprint density at radius 1 is 1.18 bits per heavy atom. The molecule has 0 aromatic heterocycles. The van der Waals surface area contributed by atoms with Crippen LogP contribution >= 0.6 is 0 Å². The van der Waals surface area contributed by atoms with E-state index in [0.29, 0.717) is 0 Å².